The molecule has 0 spiro atoms. The van der Waals surface area contributed by atoms with Gasteiger partial charge in [-0.05, 0) is 61.4 Å². The van der Waals surface area contributed by atoms with Gasteiger partial charge in [0, 0.05) is 32.0 Å². The van der Waals surface area contributed by atoms with Gasteiger partial charge >= 0.3 is 0 Å². The van der Waals surface area contributed by atoms with Crippen LogP contribution in [0.1, 0.15) is 57.4 Å². The molecule has 0 aliphatic heterocycles. The third-order valence-electron chi connectivity index (χ3n) is 5.46. The summed E-state index contributed by atoms with van der Waals surface area (Å²) in [4.78, 5) is 10.9. The number of hydrogen-bond donors (Lipinski definition) is 1. The van der Waals surface area contributed by atoms with Crippen molar-refractivity contribution >= 4 is 27.5 Å². The fourth-order valence-corrected chi connectivity index (χ4v) is 5.00. The average molecular weight is 418 g/mol. The summed E-state index contributed by atoms with van der Waals surface area (Å²) >= 11 is 0. The molecule has 7 nitrogen and oxygen atoms in total. The summed E-state index contributed by atoms with van der Waals surface area (Å²) in [6.07, 6.45) is 6.68. The average Bonchev–Trinajstić information content (AvgIpc) is 2.65. The maximum Gasteiger partial charge on any atom is 0.242 e. The van der Waals surface area contributed by atoms with Gasteiger partial charge in [-0.1, -0.05) is 20.3 Å². The van der Waals surface area contributed by atoms with E-state index in [0.29, 0.717) is 17.4 Å². The summed E-state index contributed by atoms with van der Waals surface area (Å²) < 4.78 is 27.4. The monoisotopic (exact) mass is 417 g/mol. The minimum absolute atomic E-state index is 0.231. The first-order valence-electron chi connectivity index (χ1n) is 10.3. The summed E-state index contributed by atoms with van der Waals surface area (Å²) in [7, 11) is -1.86. The molecule has 29 heavy (non-hydrogen) atoms. The van der Waals surface area contributed by atoms with E-state index in [0.717, 1.165) is 49.3 Å². The van der Waals surface area contributed by atoms with E-state index >= 15 is 0 Å². The number of anilines is 3. The van der Waals surface area contributed by atoms with E-state index in [1.165, 1.54) is 10.7 Å². The van der Waals surface area contributed by atoms with Crippen LogP contribution in [0, 0.1) is 0 Å². The highest BCUT2D eigenvalue weighted by Crippen LogP contribution is 2.43. The molecule has 0 bridgehead atoms. The lowest BCUT2D eigenvalue weighted by atomic mass is 9.79. The van der Waals surface area contributed by atoms with Gasteiger partial charge < -0.3 is 10.6 Å². The van der Waals surface area contributed by atoms with Crippen molar-refractivity contribution in [3.05, 3.63) is 36.0 Å². The van der Waals surface area contributed by atoms with E-state index in [2.05, 4.69) is 21.8 Å². The maximum atomic E-state index is 13.0. The zero-order valence-corrected chi connectivity index (χ0v) is 18.3. The second-order valence-corrected chi connectivity index (χ2v) is 9.64. The molecule has 1 aliphatic rings. The lowest BCUT2D eigenvalue weighted by Crippen LogP contribution is -2.28. The minimum Gasteiger partial charge on any atom is -0.368 e. The molecule has 1 aromatic heterocycles. The Morgan fingerprint density at radius 3 is 2.45 bits per heavy atom. The van der Waals surface area contributed by atoms with Crippen LogP contribution in [0.4, 0.5) is 17.5 Å². The third kappa shape index (κ3) is 4.53. The van der Waals surface area contributed by atoms with Crippen LogP contribution in [-0.2, 0) is 10.0 Å². The van der Waals surface area contributed by atoms with Gasteiger partial charge in [0.1, 0.15) is 5.82 Å². The fraction of sp³-hybridized carbons (Fsp3) is 0.524. The molecular weight excluding hydrogens is 386 g/mol. The Kier molecular flexibility index (Phi) is 6.74. The molecule has 158 valence electrons. The highest BCUT2D eigenvalue weighted by Gasteiger charge is 2.28. The SMILES string of the molecule is CCCN(c1ccnc(N)n1)c1ccc(S(=O)(=O)N(C)CCC)cc1C1CCC1. The van der Waals surface area contributed by atoms with Crippen LogP contribution in [0.25, 0.3) is 0 Å². The van der Waals surface area contributed by atoms with Crippen molar-refractivity contribution in [2.45, 2.75) is 56.8 Å². The molecule has 8 heteroatoms. The summed E-state index contributed by atoms with van der Waals surface area (Å²) in [5.74, 6) is 1.34. The van der Waals surface area contributed by atoms with Gasteiger partial charge in [0.25, 0.3) is 0 Å². The minimum atomic E-state index is -3.50. The van der Waals surface area contributed by atoms with Crippen molar-refractivity contribution in [3.63, 3.8) is 0 Å². The zero-order valence-electron chi connectivity index (χ0n) is 17.5. The van der Waals surface area contributed by atoms with Crippen LogP contribution in [0.15, 0.2) is 35.4 Å². The van der Waals surface area contributed by atoms with Gasteiger partial charge in [0.15, 0.2) is 0 Å². The Morgan fingerprint density at radius 1 is 1.14 bits per heavy atom. The third-order valence-corrected chi connectivity index (χ3v) is 7.32. The molecule has 0 unspecified atom stereocenters. The molecule has 1 heterocycles. The molecule has 1 aliphatic carbocycles. The number of nitrogens with zero attached hydrogens (tertiary/aromatic N) is 4. The lowest BCUT2D eigenvalue weighted by Gasteiger charge is -2.33. The molecule has 1 fully saturated rings. The zero-order chi connectivity index (χ0) is 21.0. The summed E-state index contributed by atoms with van der Waals surface area (Å²) in [6, 6.07) is 7.35. The molecule has 0 amide bonds. The molecule has 2 aromatic rings. The van der Waals surface area contributed by atoms with Crippen LogP contribution < -0.4 is 10.6 Å². The van der Waals surface area contributed by atoms with Gasteiger partial charge in [-0.3, -0.25) is 0 Å². The molecule has 0 atom stereocenters. The van der Waals surface area contributed by atoms with Crippen molar-refractivity contribution in [1.29, 1.82) is 0 Å². The number of rotatable bonds is 9. The highest BCUT2D eigenvalue weighted by molar-refractivity contribution is 7.89. The molecule has 2 N–H and O–H groups in total. The summed E-state index contributed by atoms with van der Waals surface area (Å²) in [5.41, 5.74) is 7.90. The quantitative estimate of drug-likeness (QED) is 0.665. The Bertz CT molecular complexity index is 944. The molecule has 3 rings (SSSR count). The van der Waals surface area contributed by atoms with Gasteiger partial charge in [-0.2, -0.15) is 4.98 Å². The van der Waals surface area contributed by atoms with Crippen molar-refractivity contribution < 1.29 is 8.42 Å². The normalized spacial score (nSPS) is 14.8. The van der Waals surface area contributed by atoms with Crippen molar-refractivity contribution in [3.8, 4) is 0 Å². The van der Waals surface area contributed by atoms with Gasteiger partial charge in [-0.15, -0.1) is 0 Å². The van der Waals surface area contributed by atoms with E-state index in [1.54, 1.807) is 19.3 Å². The van der Waals surface area contributed by atoms with Crippen molar-refractivity contribution in [2.24, 2.45) is 0 Å². The van der Waals surface area contributed by atoms with Gasteiger partial charge in [0.05, 0.1) is 4.90 Å². The van der Waals surface area contributed by atoms with Crippen molar-refractivity contribution in [2.75, 3.05) is 30.8 Å². The number of nitrogens with two attached hydrogens (primary N) is 1. The topological polar surface area (TPSA) is 92.4 Å². The van der Waals surface area contributed by atoms with E-state index in [1.807, 2.05) is 25.1 Å². The number of nitrogen functional groups attached to an aromatic ring is 1. The van der Waals surface area contributed by atoms with Crippen LogP contribution >= 0.6 is 0 Å². The number of benzene rings is 1. The molecular formula is C21H31N5O2S. The Hall–Kier alpha value is -2.19. The number of sulfonamides is 1. The molecule has 1 aromatic carbocycles. The van der Waals surface area contributed by atoms with Crippen LogP contribution in [-0.4, -0.2) is 42.8 Å². The fourth-order valence-electron chi connectivity index (χ4n) is 3.70. The molecule has 0 saturated heterocycles. The predicted octanol–water partition coefficient (Wildman–Crippen LogP) is 3.90. The first-order chi connectivity index (χ1) is 13.9. The lowest BCUT2D eigenvalue weighted by molar-refractivity contribution is 0.419. The smallest absolute Gasteiger partial charge is 0.242 e. The van der Waals surface area contributed by atoms with E-state index < -0.39 is 10.0 Å². The van der Waals surface area contributed by atoms with Gasteiger partial charge in [0.2, 0.25) is 16.0 Å². The van der Waals surface area contributed by atoms with Crippen LogP contribution in [0.2, 0.25) is 0 Å². The van der Waals surface area contributed by atoms with E-state index in [9.17, 15) is 8.42 Å². The highest BCUT2D eigenvalue weighted by atomic mass is 32.2. The second kappa shape index (κ2) is 9.09. The van der Waals surface area contributed by atoms with Crippen LogP contribution in [0.3, 0.4) is 0 Å². The van der Waals surface area contributed by atoms with E-state index in [-0.39, 0.29) is 5.95 Å². The Labute approximate surface area is 174 Å². The first-order valence-corrected chi connectivity index (χ1v) is 11.8. The second-order valence-electron chi connectivity index (χ2n) is 7.60. The predicted molar refractivity (Wildman–Crippen MR) is 117 cm³/mol. The first kappa shape index (κ1) is 21.5. The van der Waals surface area contributed by atoms with E-state index in [4.69, 9.17) is 5.73 Å². The standard InChI is InChI=1S/C21H31N5O2S/c1-4-13-25(3)29(27,28)17-9-10-19(18(15-17)16-7-6-8-16)26(14-5-2)20-11-12-23-21(22)24-20/h9-12,15-16H,4-8,13-14H2,1-3H3,(H2,22,23,24). The van der Waals surface area contributed by atoms with Crippen molar-refractivity contribution in [1.82, 2.24) is 14.3 Å². The van der Waals surface area contributed by atoms with Gasteiger partial charge in [-0.25, -0.2) is 17.7 Å². The Balaban J connectivity index is 2.08. The summed E-state index contributed by atoms with van der Waals surface area (Å²) in [6.45, 7) is 5.35. The maximum absolute atomic E-state index is 13.0. The number of hydrogen-bond acceptors (Lipinski definition) is 6. The Morgan fingerprint density at radius 2 is 1.86 bits per heavy atom. The molecule has 1 saturated carbocycles. The van der Waals surface area contributed by atoms with Crippen LogP contribution in [0.5, 0.6) is 0 Å². The molecule has 0 radical (unpaired) electrons. The summed E-state index contributed by atoms with van der Waals surface area (Å²) in [5, 5.41) is 0. The number of aromatic nitrogens is 2. The largest absolute Gasteiger partial charge is 0.368 e.